The van der Waals surface area contributed by atoms with Crippen LogP contribution >= 0.6 is 0 Å². The van der Waals surface area contributed by atoms with Gasteiger partial charge in [-0.05, 0) is 60.7 Å². The lowest BCUT2D eigenvalue weighted by molar-refractivity contribution is -0.119. The smallest absolute Gasteiger partial charge is 0.342 e. The van der Waals surface area contributed by atoms with E-state index in [4.69, 9.17) is 14.2 Å². The number of anilines is 2. The maximum atomic E-state index is 12.6. The lowest BCUT2D eigenvalue weighted by atomic mass is 10.2. The highest BCUT2D eigenvalue weighted by atomic mass is 16.5. The van der Waals surface area contributed by atoms with Gasteiger partial charge in [0.1, 0.15) is 22.8 Å². The standard InChI is InChI=1S/C28H23N3O6/c1-35-25-11-5-3-9-23(25)31-27(33)19-12-14-20(15-13-19)30-26(32)18-36-28(34)22-8-2-4-10-24(22)37-21-7-6-16-29-17-21/h2-17H,18H2,1H3,(H,30,32)(H,31,33). The molecular weight excluding hydrogens is 474 g/mol. The molecule has 2 amide bonds. The Morgan fingerprint density at radius 2 is 1.54 bits per heavy atom. The third kappa shape index (κ3) is 6.70. The molecular formula is C28H23N3O6. The van der Waals surface area contributed by atoms with E-state index in [1.807, 2.05) is 0 Å². The van der Waals surface area contributed by atoms with E-state index in [1.165, 1.54) is 13.3 Å². The highest BCUT2D eigenvalue weighted by Crippen LogP contribution is 2.26. The molecule has 0 radical (unpaired) electrons. The van der Waals surface area contributed by atoms with Crippen molar-refractivity contribution in [2.75, 3.05) is 24.4 Å². The SMILES string of the molecule is COc1ccccc1NC(=O)c1ccc(NC(=O)COC(=O)c2ccccc2Oc2cccnc2)cc1. The minimum absolute atomic E-state index is 0.171. The number of methoxy groups -OCH3 is 1. The largest absolute Gasteiger partial charge is 0.495 e. The molecule has 0 fully saturated rings. The minimum atomic E-state index is -0.710. The molecule has 1 heterocycles. The van der Waals surface area contributed by atoms with Crippen LogP contribution in [0.5, 0.6) is 17.2 Å². The van der Waals surface area contributed by atoms with E-state index in [0.717, 1.165) is 0 Å². The van der Waals surface area contributed by atoms with Gasteiger partial charge < -0.3 is 24.8 Å². The zero-order valence-corrected chi connectivity index (χ0v) is 19.8. The molecule has 0 saturated heterocycles. The topological polar surface area (TPSA) is 116 Å². The molecule has 37 heavy (non-hydrogen) atoms. The first kappa shape index (κ1) is 24.9. The second-order valence-corrected chi connectivity index (χ2v) is 7.64. The van der Waals surface area contributed by atoms with Gasteiger partial charge in [-0.3, -0.25) is 14.6 Å². The van der Waals surface area contributed by atoms with E-state index in [1.54, 1.807) is 91.1 Å². The Morgan fingerprint density at radius 3 is 2.27 bits per heavy atom. The molecule has 0 aliphatic carbocycles. The number of hydrogen-bond acceptors (Lipinski definition) is 7. The van der Waals surface area contributed by atoms with Gasteiger partial charge in [0.05, 0.1) is 19.0 Å². The average Bonchev–Trinajstić information content (AvgIpc) is 2.93. The number of esters is 1. The number of carbonyl (C=O) groups excluding carboxylic acids is 3. The second kappa shape index (κ2) is 12.0. The number of nitrogens with one attached hydrogen (secondary N) is 2. The van der Waals surface area contributed by atoms with E-state index in [2.05, 4.69) is 15.6 Å². The zero-order chi connectivity index (χ0) is 26.0. The van der Waals surface area contributed by atoms with Gasteiger partial charge in [-0.25, -0.2) is 4.79 Å². The highest BCUT2D eigenvalue weighted by Gasteiger charge is 2.16. The maximum Gasteiger partial charge on any atom is 0.342 e. The summed E-state index contributed by atoms with van der Waals surface area (Å²) >= 11 is 0. The highest BCUT2D eigenvalue weighted by molar-refractivity contribution is 6.05. The fourth-order valence-corrected chi connectivity index (χ4v) is 3.31. The zero-order valence-electron chi connectivity index (χ0n) is 19.8. The molecule has 4 rings (SSSR count). The van der Waals surface area contributed by atoms with Gasteiger partial charge in [0, 0.05) is 17.4 Å². The summed E-state index contributed by atoms with van der Waals surface area (Å²) in [4.78, 5) is 41.4. The van der Waals surface area contributed by atoms with E-state index < -0.39 is 18.5 Å². The van der Waals surface area contributed by atoms with Crippen molar-refractivity contribution >= 4 is 29.2 Å². The predicted octanol–water partition coefficient (Wildman–Crippen LogP) is 4.93. The molecule has 9 nitrogen and oxygen atoms in total. The van der Waals surface area contributed by atoms with Crippen molar-refractivity contribution < 1.29 is 28.6 Å². The van der Waals surface area contributed by atoms with Gasteiger partial charge in [0.2, 0.25) is 0 Å². The monoisotopic (exact) mass is 497 g/mol. The van der Waals surface area contributed by atoms with Crippen molar-refractivity contribution in [1.29, 1.82) is 0 Å². The van der Waals surface area contributed by atoms with Crippen LogP contribution in [0.1, 0.15) is 20.7 Å². The number of nitrogens with zero attached hydrogens (tertiary/aromatic N) is 1. The number of pyridine rings is 1. The van der Waals surface area contributed by atoms with E-state index in [0.29, 0.717) is 28.4 Å². The number of hydrogen-bond donors (Lipinski definition) is 2. The second-order valence-electron chi connectivity index (χ2n) is 7.64. The Balaban J connectivity index is 1.31. The third-order valence-electron chi connectivity index (χ3n) is 5.09. The molecule has 0 aliphatic heterocycles. The van der Waals surface area contributed by atoms with Gasteiger partial charge in [-0.15, -0.1) is 0 Å². The number of aromatic nitrogens is 1. The van der Waals surface area contributed by atoms with E-state index >= 15 is 0 Å². The number of ether oxygens (including phenoxy) is 3. The molecule has 1 aromatic heterocycles. The third-order valence-corrected chi connectivity index (χ3v) is 5.09. The fraction of sp³-hybridized carbons (Fsp3) is 0.0714. The molecule has 0 spiro atoms. The van der Waals surface area contributed by atoms with Crippen LogP contribution in [0.4, 0.5) is 11.4 Å². The van der Waals surface area contributed by atoms with Gasteiger partial charge in [0.25, 0.3) is 11.8 Å². The molecule has 9 heteroatoms. The van der Waals surface area contributed by atoms with Crippen molar-refractivity contribution in [1.82, 2.24) is 4.98 Å². The molecule has 0 bridgehead atoms. The van der Waals surface area contributed by atoms with Gasteiger partial charge >= 0.3 is 5.97 Å². The Bertz CT molecular complexity index is 1390. The molecule has 0 aliphatic rings. The van der Waals surface area contributed by atoms with Crippen molar-refractivity contribution in [3.63, 3.8) is 0 Å². The van der Waals surface area contributed by atoms with Crippen LogP contribution in [0.25, 0.3) is 0 Å². The Morgan fingerprint density at radius 1 is 0.811 bits per heavy atom. The summed E-state index contributed by atoms with van der Waals surface area (Å²) < 4.78 is 16.1. The molecule has 186 valence electrons. The first-order chi connectivity index (χ1) is 18.0. The molecule has 3 aromatic carbocycles. The summed E-state index contributed by atoms with van der Waals surface area (Å²) in [6, 6.07) is 23.3. The summed E-state index contributed by atoms with van der Waals surface area (Å²) in [7, 11) is 1.52. The maximum absolute atomic E-state index is 12.6. The molecule has 0 saturated carbocycles. The lowest BCUT2D eigenvalue weighted by Gasteiger charge is -2.11. The first-order valence-electron chi connectivity index (χ1n) is 11.2. The lowest BCUT2D eigenvalue weighted by Crippen LogP contribution is -2.21. The van der Waals surface area contributed by atoms with Crippen LogP contribution in [0.2, 0.25) is 0 Å². The number of para-hydroxylation sites is 3. The Labute approximate surface area is 213 Å². The van der Waals surface area contributed by atoms with Crippen LogP contribution in [-0.4, -0.2) is 36.5 Å². The molecule has 4 aromatic rings. The summed E-state index contributed by atoms with van der Waals surface area (Å²) in [6.45, 7) is -0.504. The average molecular weight is 498 g/mol. The van der Waals surface area contributed by atoms with Gasteiger partial charge in [0.15, 0.2) is 6.61 Å². The quantitative estimate of drug-likeness (QED) is 0.315. The van der Waals surface area contributed by atoms with Crippen molar-refractivity contribution in [3.8, 4) is 17.2 Å². The van der Waals surface area contributed by atoms with Gasteiger partial charge in [-0.2, -0.15) is 0 Å². The van der Waals surface area contributed by atoms with Crippen LogP contribution in [0.3, 0.4) is 0 Å². The van der Waals surface area contributed by atoms with Crippen molar-refractivity contribution in [2.24, 2.45) is 0 Å². The number of amides is 2. The minimum Gasteiger partial charge on any atom is -0.495 e. The van der Waals surface area contributed by atoms with Gasteiger partial charge in [-0.1, -0.05) is 24.3 Å². The van der Waals surface area contributed by atoms with Crippen LogP contribution in [0, 0.1) is 0 Å². The first-order valence-corrected chi connectivity index (χ1v) is 11.2. The Kier molecular flexibility index (Phi) is 8.07. The fourth-order valence-electron chi connectivity index (χ4n) is 3.31. The summed E-state index contributed by atoms with van der Waals surface area (Å²) in [5.41, 5.74) is 1.54. The number of rotatable bonds is 9. The number of carbonyl (C=O) groups is 3. The van der Waals surface area contributed by atoms with Crippen molar-refractivity contribution in [3.05, 3.63) is 108 Å². The van der Waals surface area contributed by atoms with Crippen LogP contribution in [-0.2, 0) is 9.53 Å². The Hall–Kier alpha value is -5.18. The van der Waals surface area contributed by atoms with Crippen molar-refractivity contribution in [2.45, 2.75) is 0 Å². The number of benzene rings is 3. The van der Waals surface area contributed by atoms with E-state index in [-0.39, 0.29) is 17.2 Å². The normalized spacial score (nSPS) is 10.2. The van der Waals surface area contributed by atoms with E-state index in [9.17, 15) is 14.4 Å². The summed E-state index contributed by atoms with van der Waals surface area (Å²) in [5.74, 6) is -0.296. The van der Waals surface area contributed by atoms with Crippen LogP contribution < -0.4 is 20.1 Å². The summed E-state index contributed by atoms with van der Waals surface area (Å²) in [6.07, 6.45) is 3.12. The predicted molar refractivity (Wildman–Crippen MR) is 137 cm³/mol. The summed E-state index contributed by atoms with van der Waals surface area (Å²) in [5, 5.41) is 5.41. The van der Waals surface area contributed by atoms with Crippen LogP contribution in [0.15, 0.2) is 97.3 Å². The molecule has 0 atom stereocenters. The molecule has 0 unspecified atom stereocenters. The molecule has 2 N–H and O–H groups in total.